The highest BCUT2D eigenvalue weighted by atomic mass is 16.5. The standard InChI is InChI=1S/C14H19NO3/c16-14(17)13(9-11-5-2-1-3-6-11)18-10-12-7-4-8-15-12/h1-3,5-6,12-13,15H,4,7-10H2,(H,16,17)/t12?,13-/m0/s1. The third-order valence-electron chi connectivity index (χ3n) is 3.20. The van der Waals surface area contributed by atoms with Gasteiger partial charge in [-0.2, -0.15) is 0 Å². The number of rotatable bonds is 6. The predicted molar refractivity (Wildman–Crippen MR) is 68.5 cm³/mol. The average molecular weight is 249 g/mol. The molecule has 1 aromatic carbocycles. The second kappa shape index (κ2) is 6.52. The lowest BCUT2D eigenvalue weighted by Gasteiger charge is -2.17. The van der Waals surface area contributed by atoms with Crippen molar-refractivity contribution in [2.75, 3.05) is 13.2 Å². The SMILES string of the molecule is O=C(O)[C@H](Cc1ccccc1)OCC1CCCN1. The second-order valence-electron chi connectivity index (χ2n) is 4.64. The molecular formula is C14H19NO3. The number of nitrogens with one attached hydrogen (secondary N) is 1. The summed E-state index contributed by atoms with van der Waals surface area (Å²) < 4.78 is 5.53. The van der Waals surface area contributed by atoms with Gasteiger partial charge in [0.25, 0.3) is 0 Å². The van der Waals surface area contributed by atoms with Crippen LogP contribution in [-0.2, 0) is 16.0 Å². The Morgan fingerprint density at radius 3 is 2.83 bits per heavy atom. The van der Waals surface area contributed by atoms with Gasteiger partial charge in [-0.25, -0.2) is 4.79 Å². The second-order valence-corrected chi connectivity index (χ2v) is 4.64. The van der Waals surface area contributed by atoms with E-state index in [9.17, 15) is 4.79 Å². The highest BCUT2D eigenvalue weighted by molar-refractivity contribution is 5.72. The van der Waals surface area contributed by atoms with Crippen molar-refractivity contribution in [2.45, 2.75) is 31.4 Å². The Morgan fingerprint density at radius 2 is 2.22 bits per heavy atom. The van der Waals surface area contributed by atoms with Crippen LogP contribution in [0, 0.1) is 0 Å². The first kappa shape index (κ1) is 13.1. The van der Waals surface area contributed by atoms with Crippen molar-refractivity contribution in [2.24, 2.45) is 0 Å². The van der Waals surface area contributed by atoms with E-state index in [-0.39, 0.29) is 0 Å². The summed E-state index contributed by atoms with van der Waals surface area (Å²) in [5.41, 5.74) is 0.990. The molecule has 2 rings (SSSR count). The lowest BCUT2D eigenvalue weighted by molar-refractivity contribution is -0.150. The summed E-state index contributed by atoms with van der Waals surface area (Å²) in [6.45, 7) is 1.48. The quantitative estimate of drug-likeness (QED) is 0.801. The Bertz CT molecular complexity index is 374. The molecule has 4 nitrogen and oxygen atoms in total. The predicted octanol–water partition coefficient (Wildman–Crippen LogP) is 1.45. The number of carboxylic acids is 1. The fraction of sp³-hybridized carbons (Fsp3) is 0.500. The summed E-state index contributed by atoms with van der Waals surface area (Å²) in [4.78, 5) is 11.2. The summed E-state index contributed by atoms with van der Waals surface area (Å²) in [5.74, 6) is -0.892. The van der Waals surface area contributed by atoms with Crippen LogP contribution >= 0.6 is 0 Å². The number of hydrogen-bond donors (Lipinski definition) is 2. The van der Waals surface area contributed by atoms with Gasteiger partial charge in [0.05, 0.1) is 6.61 Å². The van der Waals surface area contributed by atoms with E-state index < -0.39 is 12.1 Å². The van der Waals surface area contributed by atoms with Crippen molar-refractivity contribution in [3.8, 4) is 0 Å². The zero-order chi connectivity index (χ0) is 12.8. The molecule has 0 amide bonds. The zero-order valence-corrected chi connectivity index (χ0v) is 10.3. The van der Waals surface area contributed by atoms with Gasteiger partial charge in [-0.1, -0.05) is 30.3 Å². The molecule has 4 heteroatoms. The minimum Gasteiger partial charge on any atom is -0.479 e. The molecule has 98 valence electrons. The normalized spacial score (nSPS) is 20.8. The summed E-state index contributed by atoms with van der Waals surface area (Å²) in [6.07, 6.45) is 1.88. The molecule has 1 aromatic rings. The van der Waals surface area contributed by atoms with Crippen molar-refractivity contribution in [3.63, 3.8) is 0 Å². The first-order valence-corrected chi connectivity index (χ1v) is 6.37. The summed E-state index contributed by atoms with van der Waals surface area (Å²) in [5, 5.41) is 12.5. The van der Waals surface area contributed by atoms with Gasteiger partial charge in [-0.05, 0) is 24.9 Å². The monoisotopic (exact) mass is 249 g/mol. The topological polar surface area (TPSA) is 58.6 Å². The number of carbonyl (C=O) groups is 1. The van der Waals surface area contributed by atoms with Crippen molar-refractivity contribution in [1.82, 2.24) is 5.32 Å². The maximum atomic E-state index is 11.2. The summed E-state index contributed by atoms with van der Waals surface area (Å²) in [6, 6.07) is 9.89. The van der Waals surface area contributed by atoms with Gasteiger partial charge < -0.3 is 15.2 Å². The van der Waals surface area contributed by atoms with Gasteiger partial charge in [-0.3, -0.25) is 0 Å². The fourth-order valence-corrected chi connectivity index (χ4v) is 2.18. The van der Waals surface area contributed by atoms with E-state index in [1.165, 1.54) is 0 Å². The molecule has 0 spiro atoms. The summed E-state index contributed by atoms with van der Waals surface area (Å²) in [7, 11) is 0. The maximum absolute atomic E-state index is 11.2. The van der Waals surface area contributed by atoms with Gasteiger partial charge in [0.15, 0.2) is 6.10 Å². The van der Waals surface area contributed by atoms with Gasteiger partial charge in [0.1, 0.15) is 0 Å². The molecule has 1 saturated heterocycles. The van der Waals surface area contributed by atoms with Crippen LogP contribution in [0.3, 0.4) is 0 Å². The molecule has 18 heavy (non-hydrogen) atoms. The zero-order valence-electron chi connectivity index (χ0n) is 10.3. The van der Waals surface area contributed by atoms with Gasteiger partial charge >= 0.3 is 5.97 Å². The Labute approximate surface area is 107 Å². The first-order valence-electron chi connectivity index (χ1n) is 6.37. The minimum atomic E-state index is -0.892. The molecule has 1 fully saturated rings. The van der Waals surface area contributed by atoms with Crippen LogP contribution in [-0.4, -0.2) is 36.4 Å². The van der Waals surface area contributed by atoms with Crippen molar-refractivity contribution < 1.29 is 14.6 Å². The van der Waals surface area contributed by atoms with E-state index in [0.717, 1.165) is 24.9 Å². The molecule has 0 radical (unpaired) electrons. The minimum absolute atomic E-state index is 0.308. The Morgan fingerprint density at radius 1 is 1.44 bits per heavy atom. The van der Waals surface area contributed by atoms with E-state index >= 15 is 0 Å². The smallest absolute Gasteiger partial charge is 0.333 e. The van der Waals surface area contributed by atoms with Crippen LogP contribution in [0.1, 0.15) is 18.4 Å². The molecule has 2 N–H and O–H groups in total. The maximum Gasteiger partial charge on any atom is 0.333 e. The van der Waals surface area contributed by atoms with Crippen LogP contribution in [0.15, 0.2) is 30.3 Å². The van der Waals surface area contributed by atoms with Crippen LogP contribution in [0.4, 0.5) is 0 Å². The largest absolute Gasteiger partial charge is 0.479 e. The number of hydrogen-bond acceptors (Lipinski definition) is 3. The van der Waals surface area contributed by atoms with Gasteiger partial charge in [0.2, 0.25) is 0 Å². The van der Waals surface area contributed by atoms with Gasteiger partial charge in [0, 0.05) is 12.5 Å². The number of aliphatic carboxylic acids is 1. The van der Waals surface area contributed by atoms with Crippen LogP contribution in [0.25, 0.3) is 0 Å². The number of benzene rings is 1. The molecule has 0 aliphatic carbocycles. The Balaban J connectivity index is 1.85. The molecule has 0 bridgehead atoms. The highest BCUT2D eigenvalue weighted by Gasteiger charge is 2.22. The molecule has 0 saturated carbocycles. The third-order valence-corrected chi connectivity index (χ3v) is 3.20. The molecular weight excluding hydrogens is 230 g/mol. The molecule has 0 aromatic heterocycles. The number of ether oxygens (including phenoxy) is 1. The van der Waals surface area contributed by atoms with Gasteiger partial charge in [-0.15, -0.1) is 0 Å². The van der Waals surface area contributed by atoms with Crippen LogP contribution < -0.4 is 5.32 Å². The molecule has 1 heterocycles. The average Bonchev–Trinajstić information content (AvgIpc) is 2.88. The lowest BCUT2D eigenvalue weighted by Crippen LogP contribution is -2.33. The molecule has 1 aliphatic rings. The Kier molecular flexibility index (Phi) is 4.73. The first-order chi connectivity index (χ1) is 8.75. The fourth-order valence-electron chi connectivity index (χ4n) is 2.18. The molecule has 1 aliphatic heterocycles. The van der Waals surface area contributed by atoms with E-state index in [4.69, 9.17) is 9.84 Å². The van der Waals surface area contributed by atoms with E-state index in [1.54, 1.807) is 0 Å². The number of carboxylic acid groups (broad SMARTS) is 1. The van der Waals surface area contributed by atoms with E-state index in [1.807, 2.05) is 30.3 Å². The van der Waals surface area contributed by atoms with Crippen molar-refractivity contribution in [3.05, 3.63) is 35.9 Å². The molecule has 2 atom stereocenters. The van der Waals surface area contributed by atoms with E-state index in [2.05, 4.69) is 5.32 Å². The summed E-state index contributed by atoms with van der Waals surface area (Å²) >= 11 is 0. The van der Waals surface area contributed by atoms with Crippen molar-refractivity contribution >= 4 is 5.97 Å². The van der Waals surface area contributed by atoms with Crippen LogP contribution in [0.5, 0.6) is 0 Å². The van der Waals surface area contributed by atoms with Crippen LogP contribution in [0.2, 0.25) is 0 Å². The highest BCUT2D eigenvalue weighted by Crippen LogP contribution is 2.10. The third kappa shape index (κ3) is 3.82. The Hall–Kier alpha value is -1.39. The van der Waals surface area contributed by atoms with Crippen molar-refractivity contribution in [1.29, 1.82) is 0 Å². The lowest BCUT2D eigenvalue weighted by atomic mass is 10.1. The van der Waals surface area contributed by atoms with E-state index in [0.29, 0.717) is 19.1 Å². The molecule has 1 unspecified atom stereocenters.